The van der Waals surface area contributed by atoms with Crippen molar-refractivity contribution in [3.8, 4) is 0 Å². The van der Waals surface area contributed by atoms with Gasteiger partial charge in [-0.15, -0.1) is 0 Å². The fraction of sp³-hybridized carbons (Fsp3) is 0.846. The molecule has 0 amide bonds. The van der Waals surface area contributed by atoms with Crippen LogP contribution in [0.25, 0.3) is 0 Å². The average molecular weight is 253 g/mol. The molecule has 0 aliphatic heterocycles. The van der Waals surface area contributed by atoms with Gasteiger partial charge in [-0.2, -0.15) is 5.10 Å². The molecule has 1 heterocycles. The summed E-state index contributed by atoms with van der Waals surface area (Å²) in [7, 11) is 6.23. The van der Waals surface area contributed by atoms with E-state index in [1.54, 1.807) is 6.33 Å². The highest BCUT2D eigenvalue weighted by molar-refractivity contribution is 4.99. The van der Waals surface area contributed by atoms with Crippen LogP contribution in [0, 0.1) is 0 Å². The highest BCUT2D eigenvalue weighted by Crippen LogP contribution is 2.18. The van der Waals surface area contributed by atoms with Crippen molar-refractivity contribution in [2.75, 3.05) is 21.1 Å². The average Bonchev–Trinajstić information content (AvgIpc) is 2.73. The molecule has 1 atom stereocenters. The summed E-state index contributed by atoms with van der Waals surface area (Å²) in [5, 5.41) is 7.69. The van der Waals surface area contributed by atoms with Crippen LogP contribution in [-0.2, 0) is 13.0 Å². The van der Waals surface area contributed by atoms with Crippen molar-refractivity contribution in [3.05, 3.63) is 12.2 Å². The summed E-state index contributed by atoms with van der Waals surface area (Å²) in [6, 6.07) is 0.340. The molecule has 5 heteroatoms. The molecule has 0 radical (unpaired) electrons. The monoisotopic (exact) mass is 253 g/mol. The first-order valence-corrected chi connectivity index (χ1v) is 6.64. The lowest BCUT2D eigenvalue weighted by molar-refractivity contribution is 0.140. The van der Waals surface area contributed by atoms with Crippen LogP contribution in [0.3, 0.4) is 0 Å². The summed E-state index contributed by atoms with van der Waals surface area (Å²) in [4.78, 5) is 6.63. The molecule has 18 heavy (non-hydrogen) atoms. The van der Waals surface area contributed by atoms with Gasteiger partial charge in [-0.25, -0.2) is 4.98 Å². The molecule has 0 fully saturated rings. The molecule has 0 saturated carbocycles. The Bertz CT molecular complexity index is 356. The normalized spacial score (nSPS) is 14.2. The van der Waals surface area contributed by atoms with Gasteiger partial charge in [-0.1, -0.05) is 6.92 Å². The van der Waals surface area contributed by atoms with Crippen LogP contribution in [0.4, 0.5) is 0 Å². The number of hydrogen-bond acceptors (Lipinski definition) is 4. The predicted molar refractivity (Wildman–Crippen MR) is 74.6 cm³/mol. The van der Waals surface area contributed by atoms with Crippen LogP contribution in [0.5, 0.6) is 0 Å². The van der Waals surface area contributed by atoms with Crippen LogP contribution in [0.1, 0.15) is 33.0 Å². The van der Waals surface area contributed by atoms with Gasteiger partial charge < -0.3 is 10.2 Å². The number of rotatable bonds is 7. The summed E-state index contributed by atoms with van der Waals surface area (Å²) in [6.07, 6.45) is 3.62. The molecule has 1 rings (SSSR count). The molecule has 1 aromatic rings. The lowest BCUT2D eigenvalue weighted by Crippen LogP contribution is -2.55. The molecule has 0 aliphatic carbocycles. The minimum absolute atomic E-state index is 0.0672. The predicted octanol–water partition coefficient (Wildman–Crippen LogP) is 1.16. The zero-order valence-electron chi connectivity index (χ0n) is 12.6. The molecule has 0 aromatic carbocycles. The van der Waals surface area contributed by atoms with Gasteiger partial charge in [0.25, 0.3) is 0 Å². The van der Waals surface area contributed by atoms with Gasteiger partial charge in [-0.05, 0) is 41.4 Å². The lowest BCUT2D eigenvalue weighted by atomic mass is 9.90. The molecule has 1 unspecified atom stereocenters. The fourth-order valence-electron chi connectivity index (χ4n) is 2.04. The van der Waals surface area contributed by atoms with Crippen molar-refractivity contribution >= 4 is 0 Å². The molecule has 104 valence electrons. The van der Waals surface area contributed by atoms with Crippen LogP contribution in [0.15, 0.2) is 6.33 Å². The Labute approximate surface area is 111 Å². The number of aromatic nitrogens is 3. The quantitative estimate of drug-likeness (QED) is 0.792. The first-order valence-electron chi connectivity index (χ1n) is 6.64. The highest BCUT2D eigenvalue weighted by Gasteiger charge is 2.31. The smallest absolute Gasteiger partial charge is 0.138 e. The third kappa shape index (κ3) is 3.29. The maximum Gasteiger partial charge on any atom is 0.138 e. The minimum atomic E-state index is 0.0672. The van der Waals surface area contributed by atoms with E-state index in [9.17, 15) is 0 Å². The molecule has 0 bridgehead atoms. The maximum atomic E-state index is 4.39. The second kappa shape index (κ2) is 6.29. The van der Waals surface area contributed by atoms with E-state index in [2.05, 4.69) is 55.2 Å². The van der Waals surface area contributed by atoms with Crippen LogP contribution < -0.4 is 5.32 Å². The SMILES string of the molecule is CCCn1ncnc1CC(NC)C(C)(C)N(C)C. The van der Waals surface area contributed by atoms with Crippen LogP contribution in [-0.4, -0.2) is 52.4 Å². The lowest BCUT2D eigenvalue weighted by Gasteiger charge is -2.40. The molecular formula is C13H27N5. The number of nitrogens with one attached hydrogen (secondary N) is 1. The first-order chi connectivity index (χ1) is 8.43. The Morgan fingerprint density at radius 3 is 2.61 bits per heavy atom. The van der Waals surface area contributed by atoms with E-state index >= 15 is 0 Å². The van der Waals surface area contributed by atoms with Gasteiger partial charge >= 0.3 is 0 Å². The topological polar surface area (TPSA) is 46.0 Å². The molecule has 0 saturated heterocycles. The van der Waals surface area contributed by atoms with Crippen molar-refractivity contribution in [2.45, 2.75) is 51.7 Å². The number of nitrogens with zero attached hydrogens (tertiary/aromatic N) is 4. The minimum Gasteiger partial charge on any atom is -0.315 e. The highest BCUT2D eigenvalue weighted by atomic mass is 15.3. The summed E-state index contributed by atoms with van der Waals surface area (Å²) >= 11 is 0. The Balaban J connectivity index is 2.83. The maximum absolute atomic E-state index is 4.39. The van der Waals surface area contributed by atoms with Gasteiger partial charge in [0.2, 0.25) is 0 Å². The van der Waals surface area contributed by atoms with Crippen LogP contribution in [0.2, 0.25) is 0 Å². The van der Waals surface area contributed by atoms with Crippen molar-refractivity contribution in [2.24, 2.45) is 0 Å². The van der Waals surface area contributed by atoms with E-state index in [0.717, 1.165) is 25.2 Å². The summed E-state index contributed by atoms with van der Waals surface area (Å²) in [5.74, 6) is 1.06. The zero-order chi connectivity index (χ0) is 13.8. The number of likely N-dealkylation sites (N-methyl/N-ethyl adjacent to an activating group) is 2. The van der Waals surface area contributed by atoms with Crippen molar-refractivity contribution in [1.29, 1.82) is 0 Å². The van der Waals surface area contributed by atoms with E-state index in [1.165, 1.54) is 0 Å². The summed E-state index contributed by atoms with van der Waals surface area (Å²) in [5.41, 5.74) is 0.0672. The third-order valence-corrected chi connectivity index (χ3v) is 3.87. The molecular weight excluding hydrogens is 226 g/mol. The third-order valence-electron chi connectivity index (χ3n) is 3.87. The number of hydrogen-bond donors (Lipinski definition) is 1. The summed E-state index contributed by atoms with van der Waals surface area (Å²) in [6.45, 7) is 7.59. The Morgan fingerprint density at radius 1 is 1.44 bits per heavy atom. The second-order valence-electron chi connectivity index (χ2n) is 5.49. The Kier molecular flexibility index (Phi) is 5.28. The van der Waals surface area contributed by atoms with E-state index in [0.29, 0.717) is 6.04 Å². The van der Waals surface area contributed by atoms with E-state index in [1.807, 2.05) is 11.7 Å². The Morgan fingerprint density at radius 2 is 2.11 bits per heavy atom. The van der Waals surface area contributed by atoms with E-state index in [4.69, 9.17) is 0 Å². The zero-order valence-corrected chi connectivity index (χ0v) is 12.6. The van der Waals surface area contributed by atoms with Gasteiger partial charge in [0, 0.05) is 24.5 Å². The van der Waals surface area contributed by atoms with Gasteiger partial charge in [0.1, 0.15) is 12.2 Å². The van der Waals surface area contributed by atoms with Crippen molar-refractivity contribution < 1.29 is 0 Å². The van der Waals surface area contributed by atoms with Crippen molar-refractivity contribution in [3.63, 3.8) is 0 Å². The van der Waals surface area contributed by atoms with Gasteiger partial charge in [0.15, 0.2) is 0 Å². The van der Waals surface area contributed by atoms with Crippen molar-refractivity contribution in [1.82, 2.24) is 25.0 Å². The molecule has 0 aliphatic rings. The standard InChI is InChI=1S/C13H27N5/c1-7-8-18-12(15-10-16-18)9-11(14-4)13(2,3)17(5)6/h10-11,14H,7-9H2,1-6H3. The van der Waals surface area contributed by atoms with Gasteiger partial charge in [-0.3, -0.25) is 4.68 Å². The van der Waals surface area contributed by atoms with Gasteiger partial charge in [0.05, 0.1) is 0 Å². The first kappa shape index (κ1) is 15.1. The molecule has 0 spiro atoms. The molecule has 1 N–H and O–H groups in total. The molecule has 5 nitrogen and oxygen atoms in total. The number of aryl methyl sites for hydroxylation is 1. The Hall–Kier alpha value is -0.940. The summed E-state index contributed by atoms with van der Waals surface area (Å²) < 4.78 is 2.01. The largest absolute Gasteiger partial charge is 0.315 e. The second-order valence-corrected chi connectivity index (χ2v) is 5.49. The van der Waals surface area contributed by atoms with E-state index in [-0.39, 0.29) is 5.54 Å². The fourth-order valence-corrected chi connectivity index (χ4v) is 2.04. The molecule has 1 aromatic heterocycles. The van der Waals surface area contributed by atoms with E-state index < -0.39 is 0 Å². The van der Waals surface area contributed by atoms with Crippen LogP contribution >= 0.6 is 0 Å².